The van der Waals surface area contributed by atoms with E-state index in [2.05, 4.69) is 9.97 Å². The number of carbonyl (C=O) groups excluding carboxylic acids is 1. The molecule has 1 amide bonds. The van der Waals surface area contributed by atoms with Crippen LogP contribution < -0.4 is 9.64 Å². The highest BCUT2D eigenvalue weighted by Gasteiger charge is 2.36. The largest absolute Gasteiger partial charge is 0.481 e. The number of nitrogens with zero attached hydrogens (tertiary/aromatic N) is 4. The Morgan fingerprint density at radius 3 is 2.54 bits per heavy atom. The van der Waals surface area contributed by atoms with E-state index < -0.39 is 11.9 Å². The number of benzene rings is 1. The Morgan fingerprint density at radius 2 is 1.91 bits per heavy atom. The van der Waals surface area contributed by atoms with Crippen molar-refractivity contribution in [3.05, 3.63) is 54.2 Å². The second-order valence-electron chi connectivity index (χ2n) is 8.77. The molecule has 4 rings (SSSR count). The summed E-state index contributed by atoms with van der Waals surface area (Å²) in [6.45, 7) is 4.43. The van der Waals surface area contributed by atoms with Gasteiger partial charge in [0, 0.05) is 23.1 Å². The van der Waals surface area contributed by atoms with Gasteiger partial charge in [-0.15, -0.1) is 11.3 Å². The number of carboxylic acids is 1. The van der Waals surface area contributed by atoms with Crippen molar-refractivity contribution >= 4 is 28.3 Å². The molecule has 9 heteroatoms. The lowest BCUT2D eigenvalue weighted by Gasteiger charge is -2.33. The molecule has 3 aromatic rings. The minimum atomic E-state index is -0.965. The van der Waals surface area contributed by atoms with Crippen molar-refractivity contribution in [3.8, 4) is 28.4 Å². The molecule has 35 heavy (non-hydrogen) atoms. The molecular formula is C26H28N4O4S. The Balaban J connectivity index is 1.68. The smallest absolute Gasteiger partial charge is 0.304 e. The van der Waals surface area contributed by atoms with Gasteiger partial charge in [-0.1, -0.05) is 50.3 Å². The van der Waals surface area contributed by atoms with E-state index in [0.29, 0.717) is 35.4 Å². The van der Waals surface area contributed by atoms with Crippen LogP contribution in [0.5, 0.6) is 5.88 Å². The van der Waals surface area contributed by atoms with E-state index in [0.717, 1.165) is 11.1 Å². The maximum Gasteiger partial charge on any atom is 0.304 e. The summed E-state index contributed by atoms with van der Waals surface area (Å²) in [5, 5.41) is 12.0. The minimum absolute atomic E-state index is 0.0496. The molecule has 1 aromatic carbocycles. The third kappa shape index (κ3) is 5.40. The Kier molecular flexibility index (Phi) is 7.55. The number of aromatic nitrogens is 3. The molecule has 0 spiro atoms. The Labute approximate surface area is 208 Å². The molecule has 0 saturated heterocycles. The van der Waals surface area contributed by atoms with Gasteiger partial charge in [-0.3, -0.25) is 14.5 Å². The van der Waals surface area contributed by atoms with E-state index in [9.17, 15) is 14.7 Å². The van der Waals surface area contributed by atoms with Crippen LogP contribution in [0.2, 0.25) is 0 Å². The molecule has 1 N–H and O–H groups in total. The summed E-state index contributed by atoms with van der Waals surface area (Å²) in [4.78, 5) is 40.3. The van der Waals surface area contributed by atoms with E-state index in [1.54, 1.807) is 24.4 Å². The fourth-order valence-electron chi connectivity index (χ4n) is 4.41. The highest BCUT2D eigenvalue weighted by atomic mass is 32.1. The van der Waals surface area contributed by atoms with Gasteiger partial charge >= 0.3 is 5.97 Å². The Bertz CT molecular complexity index is 1220. The zero-order valence-electron chi connectivity index (χ0n) is 19.9. The number of rotatable bonds is 7. The molecule has 8 nitrogen and oxygen atoms in total. The molecule has 182 valence electrons. The molecule has 0 radical (unpaired) electrons. The molecule has 0 unspecified atom stereocenters. The fraction of sp³-hybridized carbons (Fsp3) is 0.346. The third-order valence-corrected chi connectivity index (χ3v) is 7.12. The summed E-state index contributed by atoms with van der Waals surface area (Å²) < 4.78 is 5.11. The van der Waals surface area contributed by atoms with Crippen molar-refractivity contribution in [3.63, 3.8) is 0 Å². The maximum atomic E-state index is 13.6. The van der Waals surface area contributed by atoms with Gasteiger partial charge in [0.1, 0.15) is 0 Å². The third-order valence-electron chi connectivity index (χ3n) is 6.25. The van der Waals surface area contributed by atoms with Crippen LogP contribution in [0.25, 0.3) is 22.5 Å². The predicted molar refractivity (Wildman–Crippen MR) is 135 cm³/mol. The quantitative estimate of drug-likeness (QED) is 0.466. The van der Waals surface area contributed by atoms with E-state index in [1.807, 2.05) is 55.6 Å². The zero-order chi connectivity index (χ0) is 24.9. The number of hydrogen-bond acceptors (Lipinski definition) is 7. The summed E-state index contributed by atoms with van der Waals surface area (Å²) in [6, 6.07) is 7.75. The average molecular weight is 493 g/mol. The van der Waals surface area contributed by atoms with E-state index in [4.69, 9.17) is 9.72 Å². The van der Waals surface area contributed by atoms with Gasteiger partial charge in [-0.05, 0) is 18.3 Å². The van der Waals surface area contributed by atoms with Crippen LogP contribution in [-0.2, 0) is 9.59 Å². The van der Waals surface area contributed by atoms with Crippen molar-refractivity contribution in [2.24, 2.45) is 17.8 Å². The first-order chi connectivity index (χ1) is 16.9. The number of methoxy groups -OCH3 is 1. The van der Waals surface area contributed by atoms with Crippen LogP contribution in [0.4, 0.5) is 5.13 Å². The molecule has 0 bridgehead atoms. The SMILES string of the molecule is COc1cnc(-c2ccccc2-c2csc(N3C/C=C\C[C@H](C(C)C)[C@H](CC(=O)O)C3=O)n2)cn1. The van der Waals surface area contributed by atoms with Crippen molar-refractivity contribution < 1.29 is 19.4 Å². The summed E-state index contributed by atoms with van der Waals surface area (Å²) in [5.41, 5.74) is 3.13. The van der Waals surface area contributed by atoms with Crippen LogP contribution in [0.3, 0.4) is 0 Å². The van der Waals surface area contributed by atoms with Crippen molar-refractivity contribution in [1.29, 1.82) is 0 Å². The lowest BCUT2D eigenvalue weighted by molar-refractivity contribution is -0.142. The van der Waals surface area contributed by atoms with E-state index in [1.165, 1.54) is 11.3 Å². The van der Waals surface area contributed by atoms with Gasteiger partial charge < -0.3 is 9.84 Å². The molecular weight excluding hydrogens is 464 g/mol. The monoisotopic (exact) mass is 492 g/mol. The summed E-state index contributed by atoms with van der Waals surface area (Å²) in [6.07, 6.45) is 7.73. The normalized spacial score (nSPS) is 19.3. The van der Waals surface area contributed by atoms with Crippen LogP contribution in [0.1, 0.15) is 26.7 Å². The first kappa shape index (κ1) is 24.5. The number of thiazole rings is 1. The van der Waals surface area contributed by atoms with Crippen molar-refractivity contribution in [1.82, 2.24) is 15.0 Å². The van der Waals surface area contributed by atoms with Crippen LogP contribution in [0.15, 0.2) is 54.2 Å². The second-order valence-corrected chi connectivity index (χ2v) is 9.61. The summed E-state index contributed by atoms with van der Waals surface area (Å²) in [7, 11) is 1.54. The van der Waals surface area contributed by atoms with E-state index in [-0.39, 0.29) is 24.2 Å². The first-order valence-electron chi connectivity index (χ1n) is 11.5. The van der Waals surface area contributed by atoms with Crippen molar-refractivity contribution in [2.75, 3.05) is 18.6 Å². The number of carbonyl (C=O) groups is 2. The number of amides is 1. The van der Waals surface area contributed by atoms with Gasteiger partial charge in [-0.2, -0.15) is 0 Å². The molecule has 2 atom stereocenters. The van der Waals surface area contributed by atoms with Gasteiger partial charge in [0.05, 0.1) is 43.2 Å². The van der Waals surface area contributed by atoms with Gasteiger partial charge in [0.15, 0.2) is 5.13 Å². The Morgan fingerprint density at radius 1 is 1.17 bits per heavy atom. The van der Waals surface area contributed by atoms with E-state index >= 15 is 0 Å². The average Bonchev–Trinajstić information content (AvgIpc) is 3.33. The first-order valence-corrected chi connectivity index (χ1v) is 12.4. The molecule has 0 fully saturated rings. The number of allylic oxidation sites excluding steroid dienone is 1. The molecule has 0 aliphatic carbocycles. The minimum Gasteiger partial charge on any atom is -0.481 e. The highest BCUT2D eigenvalue weighted by Crippen LogP contribution is 2.37. The summed E-state index contributed by atoms with van der Waals surface area (Å²) in [5.74, 6) is -1.20. The van der Waals surface area contributed by atoms with Gasteiger partial charge in [-0.25, -0.2) is 15.0 Å². The molecule has 3 heterocycles. The zero-order valence-corrected chi connectivity index (χ0v) is 20.7. The topological polar surface area (TPSA) is 106 Å². The maximum absolute atomic E-state index is 13.6. The molecule has 1 aliphatic rings. The molecule has 2 aromatic heterocycles. The summed E-state index contributed by atoms with van der Waals surface area (Å²) >= 11 is 1.37. The number of anilines is 1. The van der Waals surface area contributed by atoms with Gasteiger partial charge in [0.2, 0.25) is 11.8 Å². The van der Waals surface area contributed by atoms with Crippen LogP contribution >= 0.6 is 11.3 Å². The fourth-order valence-corrected chi connectivity index (χ4v) is 5.25. The standard InChI is InChI=1S/C26H28N4O4S/c1-16(2)17-8-6-7-11-30(25(33)20(17)12-24(31)32)26-29-22(15-35-26)19-10-5-4-9-18(19)21-13-28-23(34-3)14-27-21/h4-7,9-10,13-17,20H,8,11-12H2,1-3H3,(H,31,32)/b7-6-/t17-,20+/m1/s1. The lowest BCUT2D eigenvalue weighted by atomic mass is 9.78. The number of aliphatic carboxylic acids is 1. The van der Waals surface area contributed by atoms with Crippen molar-refractivity contribution in [2.45, 2.75) is 26.7 Å². The Hall–Kier alpha value is -3.59. The highest BCUT2D eigenvalue weighted by molar-refractivity contribution is 7.14. The number of hydrogen-bond donors (Lipinski definition) is 1. The van der Waals surface area contributed by atoms with Crippen LogP contribution in [0, 0.1) is 17.8 Å². The van der Waals surface area contributed by atoms with Crippen LogP contribution in [-0.4, -0.2) is 45.6 Å². The molecule has 1 aliphatic heterocycles. The lowest BCUT2D eigenvalue weighted by Crippen LogP contribution is -2.42. The molecule has 0 saturated carbocycles. The second kappa shape index (κ2) is 10.8. The number of ether oxygens (including phenoxy) is 1. The number of carboxylic acid groups (broad SMARTS) is 1. The van der Waals surface area contributed by atoms with Gasteiger partial charge in [0.25, 0.3) is 0 Å². The predicted octanol–water partition coefficient (Wildman–Crippen LogP) is 4.93.